The average Bonchev–Trinajstić information content (AvgIpc) is 2.54. The standard InChI is InChI=1S/C23H32OS/c1-18(2)8-6-9-19(3)10-7-11-20(4)14-15-25-23-16-21(5)12-13-22(23)17-24/h8,10,12-14,16-17H,6-7,9,11,15H2,1-5H3/b19-10+,20-14+. The van der Waals surface area contributed by atoms with Crippen molar-refractivity contribution in [3.63, 3.8) is 0 Å². The first kappa shape index (κ1) is 21.5. The number of aryl methyl sites for hydroxylation is 1. The Kier molecular flexibility index (Phi) is 10.3. The Morgan fingerprint density at radius 1 is 0.960 bits per heavy atom. The monoisotopic (exact) mass is 356 g/mol. The Morgan fingerprint density at radius 3 is 2.24 bits per heavy atom. The Bertz CT molecular complexity index is 646. The van der Waals surface area contributed by atoms with Crippen LogP contribution in [0.1, 0.15) is 69.3 Å². The highest BCUT2D eigenvalue weighted by Crippen LogP contribution is 2.24. The van der Waals surface area contributed by atoms with Crippen LogP contribution in [0.4, 0.5) is 0 Å². The maximum atomic E-state index is 11.1. The van der Waals surface area contributed by atoms with E-state index in [1.54, 1.807) is 11.8 Å². The Morgan fingerprint density at radius 2 is 1.60 bits per heavy atom. The number of rotatable bonds is 10. The molecule has 136 valence electrons. The molecule has 1 rings (SSSR count). The van der Waals surface area contributed by atoms with Gasteiger partial charge in [-0.2, -0.15) is 0 Å². The predicted octanol–water partition coefficient (Wildman–Crippen LogP) is 7.32. The Balaban J connectivity index is 2.40. The summed E-state index contributed by atoms with van der Waals surface area (Å²) in [4.78, 5) is 12.2. The molecule has 0 saturated carbocycles. The van der Waals surface area contributed by atoms with Crippen molar-refractivity contribution >= 4 is 18.0 Å². The number of hydrogen-bond donors (Lipinski definition) is 0. The van der Waals surface area contributed by atoms with Gasteiger partial charge >= 0.3 is 0 Å². The molecule has 0 bridgehead atoms. The van der Waals surface area contributed by atoms with E-state index in [1.807, 2.05) is 12.1 Å². The molecule has 0 aliphatic heterocycles. The maximum Gasteiger partial charge on any atom is 0.151 e. The van der Waals surface area contributed by atoms with Crippen molar-refractivity contribution in [1.82, 2.24) is 0 Å². The second kappa shape index (κ2) is 11.9. The number of thioether (sulfide) groups is 1. The van der Waals surface area contributed by atoms with Crippen molar-refractivity contribution < 1.29 is 4.79 Å². The van der Waals surface area contributed by atoms with Crippen LogP contribution in [0.5, 0.6) is 0 Å². The summed E-state index contributed by atoms with van der Waals surface area (Å²) in [6.07, 6.45) is 12.4. The number of carbonyl (C=O) groups is 1. The first-order valence-electron chi connectivity index (χ1n) is 9.05. The predicted molar refractivity (Wildman–Crippen MR) is 113 cm³/mol. The number of carbonyl (C=O) groups excluding carboxylic acids is 1. The van der Waals surface area contributed by atoms with Crippen molar-refractivity contribution in [2.45, 2.75) is 65.2 Å². The Hall–Kier alpha value is -1.54. The maximum absolute atomic E-state index is 11.1. The molecule has 25 heavy (non-hydrogen) atoms. The number of benzene rings is 1. The zero-order valence-corrected chi connectivity index (χ0v) is 17.2. The summed E-state index contributed by atoms with van der Waals surface area (Å²) in [5.41, 5.74) is 6.28. The van der Waals surface area contributed by atoms with E-state index in [0.717, 1.165) is 48.2 Å². The second-order valence-electron chi connectivity index (χ2n) is 6.93. The molecule has 0 aromatic heterocycles. The van der Waals surface area contributed by atoms with Crippen molar-refractivity contribution in [1.29, 1.82) is 0 Å². The minimum atomic E-state index is 0.788. The van der Waals surface area contributed by atoms with Gasteiger partial charge in [-0.05, 0) is 71.9 Å². The highest BCUT2D eigenvalue weighted by Gasteiger charge is 2.02. The van der Waals surface area contributed by atoms with E-state index in [4.69, 9.17) is 0 Å². The van der Waals surface area contributed by atoms with E-state index in [-0.39, 0.29) is 0 Å². The van der Waals surface area contributed by atoms with Gasteiger partial charge in [-0.1, -0.05) is 47.1 Å². The molecule has 0 aliphatic rings. The van der Waals surface area contributed by atoms with Crippen LogP contribution in [0.3, 0.4) is 0 Å². The van der Waals surface area contributed by atoms with E-state index >= 15 is 0 Å². The fraction of sp³-hybridized carbons (Fsp3) is 0.435. The van der Waals surface area contributed by atoms with Crippen LogP contribution in [0.25, 0.3) is 0 Å². The lowest BCUT2D eigenvalue weighted by molar-refractivity contribution is 0.112. The number of allylic oxidation sites excluding steroid dienone is 5. The van der Waals surface area contributed by atoms with Crippen LogP contribution in [-0.4, -0.2) is 12.0 Å². The molecule has 0 fully saturated rings. The van der Waals surface area contributed by atoms with Crippen LogP contribution in [0, 0.1) is 6.92 Å². The average molecular weight is 357 g/mol. The van der Waals surface area contributed by atoms with Crippen LogP contribution < -0.4 is 0 Å². The third kappa shape index (κ3) is 9.50. The second-order valence-corrected chi connectivity index (χ2v) is 7.99. The molecule has 1 aromatic rings. The summed E-state index contributed by atoms with van der Waals surface area (Å²) in [7, 11) is 0. The molecule has 0 heterocycles. The summed E-state index contributed by atoms with van der Waals surface area (Å²) in [6.45, 7) is 10.8. The van der Waals surface area contributed by atoms with Crippen LogP contribution in [0.2, 0.25) is 0 Å². The lowest BCUT2D eigenvalue weighted by atomic mass is 10.1. The molecule has 0 N–H and O–H groups in total. The van der Waals surface area contributed by atoms with Crippen LogP contribution in [0.15, 0.2) is 58.0 Å². The lowest BCUT2D eigenvalue weighted by Crippen LogP contribution is -1.88. The fourth-order valence-electron chi connectivity index (χ4n) is 2.48. The van der Waals surface area contributed by atoms with Gasteiger partial charge in [0.2, 0.25) is 0 Å². The van der Waals surface area contributed by atoms with Gasteiger partial charge in [0.05, 0.1) is 0 Å². The number of hydrogen-bond acceptors (Lipinski definition) is 2. The van der Waals surface area contributed by atoms with Crippen LogP contribution in [-0.2, 0) is 0 Å². The summed E-state index contributed by atoms with van der Waals surface area (Å²) >= 11 is 1.74. The zero-order chi connectivity index (χ0) is 18.7. The minimum absolute atomic E-state index is 0.788. The molecule has 0 saturated heterocycles. The van der Waals surface area contributed by atoms with Crippen LogP contribution >= 0.6 is 11.8 Å². The summed E-state index contributed by atoms with van der Waals surface area (Å²) in [5.74, 6) is 0.916. The topological polar surface area (TPSA) is 17.1 Å². The molecular formula is C23H32OS. The van der Waals surface area contributed by atoms with Crippen molar-refractivity contribution in [3.05, 3.63) is 64.3 Å². The molecule has 0 radical (unpaired) electrons. The molecule has 0 unspecified atom stereocenters. The van der Waals surface area contributed by atoms with Gasteiger partial charge < -0.3 is 0 Å². The van der Waals surface area contributed by atoms with E-state index < -0.39 is 0 Å². The summed E-state index contributed by atoms with van der Waals surface area (Å²) < 4.78 is 0. The first-order valence-corrected chi connectivity index (χ1v) is 10.0. The van der Waals surface area contributed by atoms with E-state index in [1.165, 1.54) is 22.3 Å². The van der Waals surface area contributed by atoms with Gasteiger partial charge in [0, 0.05) is 16.2 Å². The Labute approximate surface area is 158 Å². The molecule has 0 aliphatic carbocycles. The van der Waals surface area contributed by atoms with Gasteiger partial charge in [-0.25, -0.2) is 0 Å². The summed E-state index contributed by atoms with van der Waals surface area (Å²) in [6, 6.07) is 5.99. The van der Waals surface area contributed by atoms with Gasteiger partial charge in [0.15, 0.2) is 6.29 Å². The molecule has 2 heteroatoms. The largest absolute Gasteiger partial charge is 0.298 e. The lowest BCUT2D eigenvalue weighted by Gasteiger charge is -2.05. The SMILES string of the molecule is CC(C)=CCC/C(C)=C/CC/C(C)=C/CSc1cc(C)ccc1C=O. The molecular weight excluding hydrogens is 324 g/mol. The normalized spacial score (nSPS) is 12.2. The van der Waals surface area contributed by atoms with Crippen molar-refractivity contribution in [2.75, 3.05) is 5.75 Å². The molecule has 0 atom stereocenters. The molecule has 0 amide bonds. The quantitative estimate of drug-likeness (QED) is 0.248. The summed E-state index contributed by atoms with van der Waals surface area (Å²) in [5, 5.41) is 0. The van der Waals surface area contributed by atoms with Gasteiger partial charge in [-0.15, -0.1) is 11.8 Å². The zero-order valence-electron chi connectivity index (χ0n) is 16.4. The highest BCUT2D eigenvalue weighted by atomic mass is 32.2. The van der Waals surface area contributed by atoms with Crippen molar-refractivity contribution in [2.24, 2.45) is 0 Å². The van der Waals surface area contributed by atoms with Crippen molar-refractivity contribution in [3.8, 4) is 0 Å². The highest BCUT2D eigenvalue weighted by molar-refractivity contribution is 7.99. The van der Waals surface area contributed by atoms with E-state index in [2.05, 4.69) is 58.9 Å². The minimum Gasteiger partial charge on any atom is -0.298 e. The third-order valence-electron chi connectivity index (χ3n) is 4.09. The number of aldehydes is 1. The third-order valence-corrected chi connectivity index (χ3v) is 5.09. The first-order chi connectivity index (χ1) is 11.9. The van der Waals surface area contributed by atoms with Gasteiger partial charge in [-0.3, -0.25) is 4.79 Å². The van der Waals surface area contributed by atoms with Gasteiger partial charge in [0.1, 0.15) is 0 Å². The molecule has 1 aromatic carbocycles. The van der Waals surface area contributed by atoms with Gasteiger partial charge in [0.25, 0.3) is 0 Å². The smallest absolute Gasteiger partial charge is 0.151 e. The fourth-order valence-corrected chi connectivity index (χ4v) is 3.58. The molecule has 0 spiro atoms. The molecule has 1 nitrogen and oxygen atoms in total. The van der Waals surface area contributed by atoms with E-state index in [0.29, 0.717) is 0 Å². The van der Waals surface area contributed by atoms with E-state index in [9.17, 15) is 4.79 Å².